The van der Waals surface area contributed by atoms with Gasteiger partial charge in [0.1, 0.15) is 0 Å². The third kappa shape index (κ3) is 2.71. The number of carbonyl (C=O) groups is 1. The summed E-state index contributed by atoms with van der Waals surface area (Å²) < 4.78 is 7.70. The van der Waals surface area contributed by atoms with Gasteiger partial charge in [-0.25, -0.2) is 0 Å². The third-order valence-corrected chi connectivity index (χ3v) is 2.91. The summed E-state index contributed by atoms with van der Waals surface area (Å²) in [6, 6.07) is 1.86. The van der Waals surface area contributed by atoms with Gasteiger partial charge in [-0.05, 0) is 20.0 Å². The molecule has 1 atom stereocenters. The minimum Gasteiger partial charge on any atom is -0.374 e. The molecule has 0 bridgehead atoms. The lowest BCUT2D eigenvalue weighted by Gasteiger charge is -2.30. The molecule has 2 rings (SSSR count). The van der Waals surface area contributed by atoms with E-state index in [-0.39, 0.29) is 11.9 Å². The molecule has 0 aliphatic carbocycles. The Balaban J connectivity index is 1.95. The van der Waals surface area contributed by atoms with Gasteiger partial charge in [0.2, 0.25) is 0 Å². The number of hydrogen-bond donors (Lipinski definition) is 0. The fraction of sp³-hybridized carbons (Fsp3) is 0.583. The van der Waals surface area contributed by atoms with Crippen LogP contribution < -0.4 is 0 Å². The van der Waals surface area contributed by atoms with E-state index in [0.717, 1.165) is 31.8 Å². The highest BCUT2D eigenvalue weighted by Gasteiger charge is 2.17. The standard InChI is InChI=1S/C12H18N2O2/c1-10(15)11-3-4-14(7-11)9-12-8-13(2)5-6-16-12/h3-4,7,12H,5-6,8-9H2,1-2H3. The smallest absolute Gasteiger partial charge is 0.161 e. The average Bonchev–Trinajstić information content (AvgIpc) is 2.66. The third-order valence-electron chi connectivity index (χ3n) is 2.91. The molecule has 0 aromatic carbocycles. The molecule has 4 heteroatoms. The van der Waals surface area contributed by atoms with E-state index in [0.29, 0.717) is 0 Å². The maximum Gasteiger partial charge on any atom is 0.161 e. The minimum absolute atomic E-state index is 0.112. The van der Waals surface area contributed by atoms with Crippen molar-refractivity contribution < 1.29 is 9.53 Å². The van der Waals surface area contributed by atoms with Gasteiger partial charge in [-0.15, -0.1) is 0 Å². The van der Waals surface area contributed by atoms with E-state index in [1.165, 1.54) is 0 Å². The Labute approximate surface area is 95.8 Å². The zero-order valence-corrected chi connectivity index (χ0v) is 9.85. The topological polar surface area (TPSA) is 34.5 Å². The monoisotopic (exact) mass is 222 g/mol. The van der Waals surface area contributed by atoms with E-state index in [1.54, 1.807) is 6.92 Å². The molecule has 1 aromatic heterocycles. The molecule has 0 amide bonds. The number of carbonyl (C=O) groups excluding carboxylic acids is 1. The second-order valence-corrected chi connectivity index (χ2v) is 4.41. The van der Waals surface area contributed by atoms with E-state index >= 15 is 0 Å². The van der Waals surface area contributed by atoms with Crippen LogP contribution in [0.4, 0.5) is 0 Å². The number of likely N-dealkylation sites (N-methyl/N-ethyl adjacent to an activating group) is 1. The van der Waals surface area contributed by atoms with Crippen LogP contribution in [-0.2, 0) is 11.3 Å². The Hall–Kier alpha value is -1.13. The molecule has 1 aliphatic heterocycles. The van der Waals surface area contributed by atoms with Crippen molar-refractivity contribution in [3.05, 3.63) is 24.0 Å². The van der Waals surface area contributed by atoms with Crippen LogP contribution in [0.3, 0.4) is 0 Å². The molecule has 0 N–H and O–H groups in total. The zero-order valence-electron chi connectivity index (χ0n) is 9.85. The normalized spacial score (nSPS) is 22.2. The average molecular weight is 222 g/mol. The molecule has 1 saturated heterocycles. The first-order valence-electron chi connectivity index (χ1n) is 5.62. The maximum atomic E-state index is 11.2. The van der Waals surface area contributed by atoms with Gasteiger partial charge in [0, 0.05) is 37.6 Å². The Morgan fingerprint density at radius 1 is 1.62 bits per heavy atom. The highest BCUT2D eigenvalue weighted by molar-refractivity contribution is 5.93. The molecule has 1 fully saturated rings. The molecule has 1 aromatic rings. The Kier molecular flexibility index (Phi) is 3.41. The molecule has 16 heavy (non-hydrogen) atoms. The highest BCUT2D eigenvalue weighted by atomic mass is 16.5. The molecule has 1 aliphatic rings. The van der Waals surface area contributed by atoms with E-state index in [4.69, 9.17) is 4.74 Å². The van der Waals surface area contributed by atoms with Gasteiger partial charge in [-0.3, -0.25) is 4.79 Å². The van der Waals surface area contributed by atoms with Crippen molar-refractivity contribution in [1.82, 2.24) is 9.47 Å². The number of aromatic nitrogens is 1. The molecule has 0 spiro atoms. The largest absolute Gasteiger partial charge is 0.374 e. The molecule has 88 valence electrons. The van der Waals surface area contributed by atoms with Crippen LogP contribution in [0.25, 0.3) is 0 Å². The van der Waals surface area contributed by atoms with Crippen molar-refractivity contribution in [2.45, 2.75) is 19.6 Å². The Morgan fingerprint density at radius 3 is 3.06 bits per heavy atom. The summed E-state index contributed by atoms with van der Waals surface area (Å²) in [4.78, 5) is 13.4. The van der Waals surface area contributed by atoms with Crippen LogP contribution in [0.15, 0.2) is 18.5 Å². The summed E-state index contributed by atoms with van der Waals surface area (Å²) in [5.74, 6) is 0.112. The van der Waals surface area contributed by atoms with Crippen molar-refractivity contribution in [2.75, 3.05) is 26.7 Å². The van der Waals surface area contributed by atoms with Gasteiger partial charge >= 0.3 is 0 Å². The predicted molar refractivity (Wildman–Crippen MR) is 61.7 cm³/mol. The second kappa shape index (κ2) is 4.80. The lowest BCUT2D eigenvalue weighted by atomic mass is 10.2. The fourth-order valence-corrected chi connectivity index (χ4v) is 1.97. The van der Waals surface area contributed by atoms with Gasteiger partial charge in [0.05, 0.1) is 12.7 Å². The van der Waals surface area contributed by atoms with E-state index in [2.05, 4.69) is 11.9 Å². The highest BCUT2D eigenvalue weighted by Crippen LogP contribution is 2.08. The van der Waals surface area contributed by atoms with Crippen LogP contribution in [0.5, 0.6) is 0 Å². The van der Waals surface area contributed by atoms with Crippen LogP contribution >= 0.6 is 0 Å². The van der Waals surface area contributed by atoms with Crippen molar-refractivity contribution in [2.24, 2.45) is 0 Å². The van der Waals surface area contributed by atoms with Crippen molar-refractivity contribution in [3.8, 4) is 0 Å². The number of morpholine rings is 1. The van der Waals surface area contributed by atoms with E-state index in [9.17, 15) is 4.79 Å². The summed E-state index contributed by atoms with van der Waals surface area (Å²) in [7, 11) is 2.10. The van der Waals surface area contributed by atoms with Gasteiger partial charge in [0.25, 0.3) is 0 Å². The molecule has 2 heterocycles. The number of ether oxygens (including phenoxy) is 1. The first-order chi connectivity index (χ1) is 7.65. The van der Waals surface area contributed by atoms with Crippen molar-refractivity contribution >= 4 is 5.78 Å². The summed E-state index contributed by atoms with van der Waals surface area (Å²) in [5, 5.41) is 0. The molecular formula is C12H18N2O2. The van der Waals surface area contributed by atoms with Crippen LogP contribution in [0.2, 0.25) is 0 Å². The number of hydrogen-bond acceptors (Lipinski definition) is 3. The first kappa shape index (κ1) is 11.4. The molecular weight excluding hydrogens is 204 g/mol. The van der Waals surface area contributed by atoms with Gasteiger partial charge in [-0.1, -0.05) is 0 Å². The fourth-order valence-electron chi connectivity index (χ4n) is 1.97. The number of Topliss-reactive ketones (excluding diaryl/α,β-unsaturated/α-hetero) is 1. The number of ketones is 1. The Bertz CT molecular complexity index is 373. The molecule has 4 nitrogen and oxygen atoms in total. The van der Waals surface area contributed by atoms with Gasteiger partial charge in [0.15, 0.2) is 5.78 Å². The van der Waals surface area contributed by atoms with Crippen LogP contribution in [0, 0.1) is 0 Å². The van der Waals surface area contributed by atoms with Gasteiger partial charge < -0.3 is 14.2 Å². The minimum atomic E-state index is 0.112. The zero-order chi connectivity index (χ0) is 11.5. The second-order valence-electron chi connectivity index (χ2n) is 4.41. The van der Waals surface area contributed by atoms with Crippen LogP contribution in [0.1, 0.15) is 17.3 Å². The summed E-state index contributed by atoms with van der Waals surface area (Å²) in [6.45, 7) is 5.15. The summed E-state index contributed by atoms with van der Waals surface area (Å²) in [6.07, 6.45) is 4.06. The lowest BCUT2D eigenvalue weighted by molar-refractivity contribution is -0.0274. The molecule has 0 radical (unpaired) electrons. The van der Waals surface area contributed by atoms with Crippen molar-refractivity contribution in [3.63, 3.8) is 0 Å². The quantitative estimate of drug-likeness (QED) is 0.716. The summed E-state index contributed by atoms with van der Waals surface area (Å²) >= 11 is 0. The van der Waals surface area contributed by atoms with Crippen LogP contribution in [-0.4, -0.2) is 48.1 Å². The maximum absolute atomic E-state index is 11.2. The lowest BCUT2D eigenvalue weighted by Crippen LogP contribution is -2.41. The Morgan fingerprint density at radius 2 is 2.44 bits per heavy atom. The number of nitrogens with zero attached hydrogens (tertiary/aromatic N) is 2. The predicted octanol–water partition coefficient (Wildman–Crippen LogP) is 1.02. The summed E-state index contributed by atoms with van der Waals surface area (Å²) in [5.41, 5.74) is 0.768. The van der Waals surface area contributed by atoms with Crippen molar-refractivity contribution in [1.29, 1.82) is 0 Å². The first-order valence-corrected chi connectivity index (χ1v) is 5.62. The number of rotatable bonds is 3. The van der Waals surface area contributed by atoms with E-state index < -0.39 is 0 Å². The molecule has 1 unspecified atom stereocenters. The van der Waals surface area contributed by atoms with E-state index in [1.807, 2.05) is 23.0 Å². The SMILES string of the molecule is CC(=O)c1ccn(CC2CN(C)CCO2)c1. The molecule has 0 saturated carbocycles. The van der Waals surface area contributed by atoms with Gasteiger partial charge in [-0.2, -0.15) is 0 Å².